The van der Waals surface area contributed by atoms with Crippen molar-refractivity contribution in [1.29, 1.82) is 5.26 Å². The van der Waals surface area contributed by atoms with Crippen LogP contribution in [0.3, 0.4) is 0 Å². The minimum absolute atomic E-state index is 0.115. The maximum absolute atomic E-state index is 12.9. The van der Waals surface area contributed by atoms with Crippen LogP contribution in [0.15, 0.2) is 53.4 Å². The number of alkyl halides is 3. The lowest BCUT2D eigenvalue weighted by atomic mass is 10.1. The summed E-state index contributed by atoms with van der Waals surface area (Å²) in [6, 6.07) is 11.7. The molecule has 0 saturated carbocycles. The summed E-state index contributed by atoms with van der Waals surface area (Å²) in [6.45, 7) is 0. The molecule has 2 rings (SSSR count). The van der Waals surface area contributed by atoms with Crippen LogP contribution < -0.4 is 4.72 Å². The van der Waals surface area contributed by atoms with Gasteiger partial charge in [-0.3, -0.25) is 4.72 Å². The Kier molecular flexibility index (Phi) is 4.61. The van der Waals surface area contributed by atoms with Gasteiger partial charge in [0.25, 0.3) is 10.0 Å². The molecule has 0 heterocycles. The van der Waals surface area contributed by atoms with E-state index in [2.05, 4.69) is 4.72 Å². The van der Waals surface area contributed by atoms with Gasteiger partial charge in [-0.05, 0) is 29.8 Å². The fourth-order valence-corrected chi connectivity index (χ4v) is 3.21. The highest BCUT2D eigenvalue weighted by Crippen LogP contribution is 2.34. The largest absolute Gasteiger partial charge is 0.417 e. The lowest BCUT2D eigenvalue weighted by Crippen LogP contribution is -2.18. The average molecular weight is 340 g/mol. The molecule has 0 aliphatic heterocycles. The van der Waals surface area contributed by atoms with Gasteiger partial charge in [0.05, 0.1) is 22.9 Å². The number of nitriles is 1. The van der Waals surface area contributed by atoms with Gasteiger partial charge in [0.15, 0.2) is 0 Å². The van der Waals surface area contributed by atoms with Crippen LogP contribution in [0.2, 0.25) is 0 Å². The molecule has 0 radical (unpaired) electrons. The first kappa shape index (κ1) is 16.8. The Bertz CT molecular complexity index is 838. The zero-order valence-electron chi connectivity index (χ0n) is 11.6. The fourth-order valence-electron chi connectivity index (χ4n) is 1.93. The van der Waals surface area contributed by atoms with Crippen LogP contribution in [-0.4, -0.2) is 8.42 Å². The van der Waals surface area contributed by atoms with Crippen LogP contribution in [-0.2, 0) is 22.6 Å². The molecule has 2 aromatic rings. The zero-order valence-corrected chi connectivity index (χ0v) is 12.4. The van der Waals surface area contributed by atoms with Gasteiger partial charge in [-0.1, -0.05) is 24.3 Å². The molecular weight excluding hydrogens is 329 g/mol. The number of anilines is 1. The molecule has 0 aliphatic rings. The van der Waals surface area contributed by atoms with Gasteiger partial charge >= 0.3 is 6.18 Å². The van der Waals surface area contributed by atoms with Gasteiger partial charge in [0, 0.05) is 5.69 Å². The second-order valence-corrected chi connectivity index (χ2v) is 6.28. The van der Waals surface area contributed by atoms with Gasteiger partial charge in [0.1, 0.15) is 0 Å². The van der Waals surface area contributed by atoms with Crippen molar-refractivity contribution in [2.75, 3.05) is 4.72 Å². The van der Waals surface area contributed by atoms with E-state index in [1.165, 1.54) is 30.3 Å². The van der Waals surface area contributed by atoms with Crippen molar-refractivity contribution in [1.82, 2.24) is 0 Å². The van der Waals surface area contributed by atoms with Crippen molar-refractivity contribution in [2.24, 2.45) is 0 Å². The lowest BCUT2D eigenvalue weighted by Gasteiger charge is -2.14. The smallest absolute Gasteiger partial charge is 0.280 e. The Morgan fingerprint density at radius 1 is 1.04 bits per heavy atom. The van der Waals surface area contributed by atoms with Crippen molar-refractivity contribution in [2.45, 2.75) is 17.5 Å². The zero-order chi connectivity index (χ0) is 17.1. The first-order valence-corrected chi connectivity index (χ1v) is 7.87. The third-order valence-electron chi connectivity index (χ3n) is 2.97. The van der Waals surface area contributed by atoms with E-state index in [1.54, 1.807) is 0 Å². The van der Waals surface area contributed by atoms with Crippen molar-refractivity contribution < 1.29 is 21.6 Å². The van der Waals surface area contributed by atoms with Gasteiger partial charge in [-0.2, -0.15) is 18.4 Å². The third kappa shape index (κ3) is 4.02. The Morgan fingerprint density at radius 3 is 2.22 bits per heavy atom. The molecule has 2 aromatic carbocycles. The standard InChI is InChI=1S/C15H11F3N2O2S/c16-15(17,18)13-3-1-2-4-14(13)23(21,22)20-12-7-5-11(6-8-12)9-10-19/h1-8,20H,9H2. The highest BCUT2D eigenvalue weighted by atomic mass is 32.2. The Hall–Kier alpha value is -2.53. The highest BCUT2D eigenvalue weighted by Gasteiger charge is 2.36. The molecule has 0 saturated heterocycles. The number of hydrogen-bond donors (Lipinski definition) is 1. The quantitative estimate of drug-likeness (QED) is 0.925. The van der Waals surface area contributed by atoms with E-state index < -0.39 is 26.7 Å². The Morgan fingerprint density at radius 2 is 1.65 bits per heavy atom. The minimum Gasteiger partial charge on any atom is -0.280 e. The van der Waals surface area contributed by atoms with Crippen LogP contribution in [0.1, 0.15) is 11.1 Å². The number of sulfonamides is 1. The van der Waals surface area contributed by atoms with E-state index in [0.29, 0.717) is 11.6 Å². The van der Waals surface area contributed by atoms with E-state index in [-0.39, 0.29) is 12.1 Å². The number of nitrogens with one attached hydrogen (secondary N) is 1. The molecule has 1 N–H and O–H groups in total. The summed E-state index contributed by atoms with van der Waals surface area (Å²) in [5, 5.41) is 8.56. The predicted octanol–water partition coefficient (Wildman–Crippen LogP) is 3.57. The Labute approximate surface area is 131 Å². The van der Waals surface area contributed by atoms with Gasteiger partial charge in [-0.25, -0.2) is 8.42 Å². The normalized spacial score (nSPS) is 11.7. The maximum atomic E-state index is 12.9. The van der Waals surface area contributed by atoms with Crippen molar-refractivity contribution >= 4 is 15.7 Å². The molecule has 8 heteroatoms. The first-order valence-electron chi connectivity index (χ1n) is 6.39. The van der Waals surface area contributed by atoms with E-state index in [0.717, 1.165) is 12.1 Å². The van der Waals surface area contributed by atoms with Gasteiger partial charge < -0.3 is 0 Å². The van der Waals surface area contributed by atoms with Crippen LogP contribution in [0, 0.1) is 11.3 Å². The molecule has 0 atom stereocenters. The lowest BCUT2D eigenvalue weighted by molar-refractivity contribution is -0.139. The van der Waals surface area contributed by atoms with Crippen LogP contribution in [0.5, 0.6) is 0 Å². The molecule has 0 bridgehead atoms. The summed E-state index contributed by atoms with van der Waals surface area (Å²) in [7, 11) is -4.39. The molecule has 0 aromatic heterocycles. The van der Waals surface area contributed by atoms with E-state index in [9.17, 15) is 21.6 Å². The molecule has 0 spiro atoms. The molecule has 120 valence electrons. The first-order chi connectivity index (χ1) is 10.7. The number of rotatable bonds is 4. The number of benzene rings is 2. The van der Waals surface area contributed by atoms with E-state index in [1.807, 2.05) is 6.07 Å². The summed E-state index contributed by atoms with van der Waals surface area (Å²) in [4.78, 5) is -0.839. The monoisotopic (exact) mass is 340 g/mol. The van der Waals surface area contributed by atoms with Crippen LogP contribution in [0.4, 0.5) is 18.9 Å². The van der Waals surface area contributed by atoms with Crippen LogP contribution >= 0.6 is 0 Å². The summed E-state index contributed by atoms with van der Waals surface area (Å²) in [6.07, 6.45) is -4.62. The summed E-state index contributed by atoms with van der Waals surface area (Å²) in [5.41, 5.74) is -0.441. The molecule has 0 fully saturated rings. The number of nitrogens with zero attached hydrogens (tertiary/aromatic N) is 1. The third-order valence-corrected chi connectivity index (χ3v) is 4.41. The molecule has 0 unspecified atom stereocenters. The predicted molar refractivity (Wildman–Crippen MR) is 78.0 cm³/mol. The average Bonchev–Trinajstić information content (AvgIpc) is 2.48. The van der Waals surface area contributed by atoms with Crippen molar-refractivity contribution in [3.05, 3.63) is 59.7 Å². The van der Waals surface area contributed by atoms with E-state index in [4.69, 9.17) is 5.26 Å². The second-order valence-electron chi connectivity index (χ2n) is 4.63. The second kappa shape index (κ2) is 6.30. The Balaban J connectivity index is 2.35. The minimum atomic E-state index is -4.78. The fraction of sp³-hybridized carbons (Fsp3) is 0.133. The van der Waals surface area contributed by atoms with Crippen molar-refractivity contribution in [3.63, 3.8) is 0 Å². The summed E-state index contributed by atoms with van der Waals surface area (Å²) in [5.74, 6) is 0. The molecule has 4 nitrogen and oxygen atoms in total. The van der Waals surface area contributed by atoms with Gasteiger partial charge in [-0.15, -0.1) is 0 Å². The van der Waals surface area contributed by atoms with E-state index >= 15 is 0 Å². The molecule has 0 amide bonds. The highest BCUT2D eigenvalue weighted by molar-refractivity contribution is 7.92. The SMILES string of the molecule is N#CCc1ccc(NS(=O)(=O)c2ccccc2C(F)(F)F)cc1. The summed E-state index contributed by atoms with van der Waals surface area (Å²) < 4.78 is 65.3. The summed E-state index contributed by atoms with van der Waals surface area (Å²) >= 11 is 0. The maximum Gasteiger partial charge on any atom is 0.417 e. The van der Waals surface area contributed by atoms with Gasteiger partial charge in [0.2, 0.25) is 0 Å². The number of hydrogen-bond acceptors (Lipinski definition) is 3. The molecular formula is C15H11F3N2O2S. The number of halogens is 3. The topological polar surface area (TPSA) is 70.0 Å². The van der Waals surface area contributed by atoms with Crippen molar-refractivity contribution in [3.8, 4) is 6.07 Å². The van der Waals surface area contributed by atoms with Crippen LogP contribution in [0.25, 0.3) is 0 Å². The molecule has 0 aliphatic carbocycles. The molecule has 23 heavy (non-hydrogen) atoms.